The summed E-state index contributed by atoms with van der Waals surface area (Å²) in [4.78, 5) is 24.9. The molecule has 154 valence electrons. The number of rotatable bonds is 4. The lowest BCUT2D eigenvalue weighted by molar-refractivity contribution is -0.159. The van der Waals surface area contributed by atoms with E-state index in [1.165, 1.54) is 6.08 Å². The van der Waals surface area contributed by atoms with Gasteiger partial charge in [-0.05, 0) is 26.8 Å². The number of aliphatic hydroxyl groups is 2. The van der Waals surface area contributed by atoms with Gasteiger partial charge in [-0.3, -0.25) is 0 Å². The molecule has 1 aliphatic carbocycles. The molecule has 0 spiro atoms. The number of carbonyl (C=O) groups excluding carboxylic acids is 2. The average Bonchev–Trinajstić information content (AvgIpc) is 3.21. The minimum Gasteiger partial charge on any atom is -0.458 e. The molecule has 28 heavy (non-hydrogen) atoms. The minimum absolute atomic E-state index is 0.0818. The van der Waals surface area contributed by atoms with Gasteiger partial charge in [0.2, 0.25) is 0 Å². The number of esters is 2. The van der Waals surface area contributed by atoms with Gasteiger partial charge >= 0.3 is 11.9 Å². The molecule has 2 N–H and O–H groups in total. The molecule has 2 fully saturated rings. The molecule has 2 saturated heterocycles. The average molecular weight is 413 g/mol. The number of allylic oxidation sites excluding steroid dienone is 3. The Kier molecular flexibility index (Phi) is 5.74. The topological polar surface area (TPSA) is 106 Å². The molecule has 0 amide bonds. The first-order chi connectivity index (χ1) is 13.2. The first kappa shape index (κ1) is 21.0. The summed E-state index contributed by atoms with van der Waals surface area (Å²) in [6.07, 6.45) is 5.26. The zero-order chi connectivity index (χ0) is 20.7. The Balaban J connectivity index is 2.03. The summed E-state index contributed by atoms with van der Waals surface area (Å²) < 4.78 is 16.9. The molecule has 2 heterocycles. The molecule has 2 aliphatic heterocycles. The van der Waals surface area contributed by atoms with Crippen LogP contribution in [0.2, 0.25) is 0 Å². The molecule has 3 rings (SSSR count). The highest BCUT2D eigenvalue weighted by Gasteiger charge is 2.63. The molecule has 6 unspecified atom stereocenters. The maximum atomic E-state index is 12.5. The van der Waals surface area contributed by atoms with Gasteiger partial charge in [-0.25, -0.2) is 9.59 Å². The molecule has 8 heteroatoms. The predicted molar refractivity (Wildman–Crippen MR) is 101 cm³/mol. The normalized spacial score (nSPS) is 40.1. The summed E-state index contributed by atoms with van der Waals surface area (Å²) in [6.45, 7) is 4.84. The number of hydrogen-bond donors (Lipinski definition) is 2. The van der Waals surface area contributed by atoms with Crippen molar-refractivity contribution in [2.75, 3.05) is 12.5 Å². The van der Waals surface area contributed by atoms with Gasteiger partial charge in [-0.2, -0.15) is 0 Å². The van der Waals surface area contributed by atoms with Crippen molar-refractivity contribution in [1.29, 1.82) is 0 Å². The van der Waals surface area contributed by atoms with Crippen molar-refractivity contribution >= 4 is 23.5 Å². The number of carbonyl (C=O) groups is 2. The molecule has 7 nitrogen and oxygen atoms in total. The van der Waals surface area contributed by atoms with Crippen LogP contribution in [0.25, 0.3) is 0 Å². The maximum absolute atomic E-state index is 12.5. The summed E-state index contributed by atoms with van der Waals surface area (Å²) >= 11 is 5.96. The predicted octanol–water partition coefficient (Wildman–Crippen LogP) is 1.41. The van der Waals surface area contributed by atoms with Gasteiger partial charge in [0, 0.05) is 6.42 Å². The van der Waals surface area contributed by atoms with Crippen molar-refractivity contribution in [2.45, 2.75) is 56.7 Å². The molecular formula is C20H25ClO7. The molecule has 0 bridgehead atoms. The number of ether oxygens (including phenoxy) is 3. The Morgan fingerprint density at radius 1 is 1.50 bits per heavy atom. The van der Waals surface area contributed by atoms with Crippen molar-refractivity contribution in [3.8, 4) is 0 Å². The molecule has 3 aliphatic rings. The number of epoxide rings is 1. The Bertz CT molecular complexity index is 758. The Labute approximate surface area is 168 Å². The molecule has 0 aromatic carbocycles. The highest BCUT2D eigenvalue weighted by molar-refractivity contribution is 6.20. The highest BCUT2D eigenvalue weighted by atomic mass is 35.5. The van der Waals surface area contributed by atoms with Crippen LogP contribution in [0.15, 0.2) is 35.5 Å². The standard InChI is InChI=1S/C20H25ClO7/c1-4-12(9-22)17(23)26-14-8-19(3)15(28-19)6-5-11(2)7-13-16(14)20(25,10-21)18(24)27-13/h4-7,13-16,22,25H,8-10H2,1-3H3. The van der Waals surface area contributed by atoms with Gasteiger partial charge in [0.05, 0.1) is 29.6 Å². The fraction of sp³-hybridized carbons (Fsp3) is 0.600. The van der Waals surface area contributed by atoms with Gasteiger partial charge in [0.25, 0.3) is 0 Å². The van der Waals surface area contributed by atoms with E-state index in [4.69, 9.17) is 25.8 Å². The minimum atomic E-state index is -2.01. The van der Waals surface area contributed by atoms with Gasteiger partial charge < -0.3 is 24.4 Å². The highest BCUT2D eigenvalue weighted by Crippen LogP contribution is 2.47. The summed E-state index contributed by atoms with van der Waals surface area (Å²) in [6, 6.07) is 0. The van der Waals surface area contributed by atoms with Crippen molar-refractivity contribution < 1.29 is 34.0 Å². The van der Waals surface area contributed by atoms with Crippen molar-refractivity contribution in [2.24, 2.45) is 5.92 Å². The number of alkyl halides is 1. The van der Waals surface area contributed by atoms with Gasteiger partial charge in [0.1, 0.15) is 18.3 Å². The zero-order valence-corrected chi connectivity index (χ0v) is 16.8. The molecule has 0 aromatic heterocycles. The molecule has 0 saturated carbocycles. The summed E-state index contributed by atoms with van der Waals surface area (Å²) in [7, 11) is 0. The van der Waals surface area contributed by atoms with Crippen LogP contribution in [0.5, 0.6) is 0 Å². The SMILES string of the molecule is CC=C(CO)C(=O)OC1CC2(C)OC2C=CC(C)=CC2OC(=O)C(O)(CCl)C21. The van der Waals surface area contributed by atoms with Crippen LogP contribution in [-0.4, -0.2) is 64.2 Å². The quantitative estimate of drug-likeness (QED) is 0.311. The number of aliphatic hydroxyl groups excluding tert-OH is 1. The summed E-state index contributed by atoms with van der Waals surface area (Å²) in [5.41, 5.74) is -1.72. The Morgan fingerprint density at radius 2 is 2.21 bits per heavy atom. The van der Waals surface area contributed by atoms with Crippen LogP contribution >= 0.6 is 11.6 Å². The van der Waals surface area contributed by atoms with Crippen LogP contribution in [0.1, 0.15) is 27.2 Å². The van der Waals surface area contributed by atoms with E-state index in [1.54, 1.807) is 13.0 Å². The van der Waals surface area contributed by atoms with Crippen LogP contribution in [0.3, 0.4) is 0 Å². The Morgan fingerprint density at radius 3 is 2.82 bits per heavy atom. The van der Waals surface area contributed by atoms with Crippen LogP contribution in [0.4, 0.5) is 0 Å². The smallest absolute Gasteiger partial charge is 0.340 e. The second-order valence-corrected chi connectivity index (χ2v) is 7.96. The monoisotopic (exact) mass is 412 g/mol. The van der Waals surface area contributed by atoms with Gasteiger partial charge in [0.15, 0.2) is 5.60 Å². The van der Waals surface area contributed by atoms with Crippen molar-refractivity contribution in [3.63, 3.8) is 0 Å². The van der Waals surface area contributed by atoms with Gasteiger partial charge in [-0.15, -0.1) is 11.6 Å². The Hall–Kier alpha value is -1.67. The van der Waals surface area contributed by atoms with Crippen LogP contribution < -0.4 is 0 Å². The van der Waals surface area contributed by atoms with Gasteiger partial charge in [-0.1, -0.05) is 23.8 Å². The van der Waals surface area contributed by atoms with E-state index >= 15 is 0 Å². The number of halogens is 1. The third-order valence-electron chi connectivity index (χ3n) is 5.65. The molecule has 6 atom stereocenters. The first-order valence-electron chi connectivity index (χ1n) is 9.19. The molecule has 0 aromatic rings. The van der Waals surface area contributed by atoms with E-state index in [9.17, 15) is 19.8 Å². The lowest BCUT2D eigenvalue weighted by atomic mass is 9.78. The third-order valence-corrected chi connectivity index (χ3v) is 6.06. The molecule has 0 radical (unpaired) electrons. The zero-order valence-electron chi connectivity index (χ0n) is 16.1. The fourth-order valence-corrected chi connectivity index (χ4v) is 4.14. The van der Waals surface area contributed by atoms with E-state index in [0.717, 1.165) is 5.57 Å². The third kappa shape index (κ3) is 3.64. The van der Waals surface area contributed by atoms with E-state index in [0.29, 0.717) is 0 Å². The van der Waals surface area contributed by atoms with E-state index in [-0.39, 0.29) is 18.1 Å². The van der Waals surface area contributed by atoms with E-state index in [2.05, 4.69) is 0 Å². The lowest BCUT2D eigenvalue weighted by Gasteiger charge is -2.33. The number of fused-ring (bicyclic) bond motifs is 2. The second-order valence-electron chi connectivity index (χ2n) is 7.69. The van der Waals surface area contributed by atoms with Crippen molar-refractivity contribution in [1.82, 2.24) is 0 Å². The number of hydrogen-bond acceptors (Lipinski definition) is 7. The second kappa shape index (κ2) is 7.63. The summed E-state index contributed by atoms with van der Waals surface area (Å²) in [5.74, 6) is -2.89. The maximum Gasteiger partial charge on any atom is 0.340 e. The summed E-state index contributed by atoms with van der Waals surface area (Å²) in [5, 5.41) is 20.4. The van der Waals surface area contributed by atoms with E-state index in [1.807, 2.05) is 26.0 Å². The lowest BCUT2D eigenvalue weighted by Crippen LogP contribution is -2.51. The largest absolute Gasteiger partial charge is 0.458 e. The molecular weight excluding hydrogens is 388 g/mol. The van der Waals surface area contributed by atoms with Crippen molar-refractivity contribution in [3.05, 3.63) is 35.5 Å². The first-order valence-corrected chi connectivity index (χ1v) is 9.73. The van der Waals surface area contributed by atoms with Crippen LogP contribution in [-0.2, 0) is 23.8 Å². The fourth-order valence-electron chi connectivity index (χ4n) is 3.85. The van der Waals surface area contributed by atoms with E-state index < -0.39 is 53.8 Å². The van der Waals surface area contributed by atoms with Crippen LogP contribution in [0, 0.1) is 5.92 Å².